The van der Waals surface area contributed by atoms with Crippen LogP contribution in [0.3, 0.4) is 0 Å². The Kier molecular flexibility index (Phi) is 5.55. The molecule has 1 atom stereocenters. The number of hydrogen-bond acceptors (Lipinski definition) is 3. The standard InChI is InChI=1S/C19H22FN3O3/c1-2-26-17(24)9-10-21-19(25)23-13-12-22-11-5-8-16(22)18(23)14-6-3-4-7-15(14)20/h3-8,11,18H,2,9-10,12-13H2,1H3,(H,21,25). The number of ether oxygens (including phenoxy) is 1. The number of carbonyl (C=O) groups is 2. The molecule has 1 aromatic carbocycles. The van der Waals surface area contributed by atoms with Crippen molar-refractivity contribution in [2.45, 2.75) is 25.9 Å². The predicted molar refractivity (Wildman–Crippen MR) is 94.0 cm³/mol. The van der Waals surface area contributed by atoms with Crippen LogP contribution >= 0.6 is 0 Å². The summed E-state index contributed by atoms with van der Waals surface area (Å²) < 4.78 is 21.3. The van der Waals surface area contributed by atoms with Crippen molar-refractivity contribution in [1.82, 2.24) is 14.8 Å². The molecule has 3 rings (SSSR count). The number of amides is 2. The van der Waals surface area contributed by atoms with E-state index in [1.165, 1.54) is 6.07 Å². The van der Waals surface area contributed by atoms with Gasteiger partial charge in [-0.05, 0) is 25.1 Å². The quantitative estimate of drug-likeness (QED) is 0.835. The molecule has 0 saturated heterocycles. The summed E-state index contributed by atoms with van der Waals surface area (Å²) in [5.74, 6) is -0.706. The summed E-state index contributed by atoms with van der Waals surface area (Å²) in [6.45, 7) is 3.31. The highest BCUT2D eigenvalue weighted by Gasteiger charge is 2.33. The molecule has 0 spiro atoms. The average molecular weight is 359 g/mol. The van der Waals surface area contributed by atoms with Crippen molar-refractivity contribution in [2.75, 3.05) is 19.7 Å². The lowest BCUT2D eigenvalue weighted by Gasteiger charge is -2.37. The van der Waals surface area contributed by atoms with Crippen LogP contribution in [0.5, 0.6) is 0 Å². The van der Waals surface area contributed by atoms with Gasteiger partial charge in [-0.1, -0.05) is 18.2 Å². The molecular formula is C19H22FN3O3. The van der Waals surface area contributed by atoms with Crippen molar-refractivity contribution in [3.8, 4) is 0 Å². The van der Waals surface area contributed by atoms with E-state index in [2.05, 4.69) is 5.32 Å². The molecule has 0 saturated carbocycles. The number of aromatic nitrogens is 1. The van der Waals surface area contributed by atoms with Crippen LogP contribution < -0.4 is 5.32 Å². The van der Waals surface area contributed by atoms with Crippen LogP contribution in [0.2, 0.25) is 0 Å². The van der Waals surface area contributed by atoms with Gasteiger partial charge in [-0.2, -0.15) is 0 Å². The van der Waals surface area contributed by atoms with Crippen molar-refractivity contribution in [2.24, 2.45) is 0 Å². The normalized spacial score (nSPS) is 16.1. The van der Waals surface area contributed by atoms with Crippen molar-refractivity contribution in [3.63, 3.8) is 0 Å². The minimum Gasteiger partial charge on any atom is -0.466 e. The molecule has 138 valence electrons. The third-order valence-corrected chi connectivity index (χ3v) is 4.41. The molecule has 0 radical (unpaired) electrons. The molecule has 2 aromatic rings. The second-order valence-corrected chi connectivity index (χ2v) is 6.03. The molecule has 1 aromatic heterocycles. The van der Waals surface area contributed by atoms with Gasteiger partial charge in [-0.3, -0.25) is 4.79 Å². The fourth-order valence-corrected chi connectivity index (χ4v) is 3.23. The van der Waals surface area contributed by atoms with Crippen LogP contribution in [-0.4, -0.2) is 41.2 Å². The number of benzene rings is 1. The zero-order chi connectivity index (χ0) is 18.5. The number of carbonyl (C=O) groups excluding carboxylic acids is 2. The van der Waals surface area contributed by atoms with Gasteiger partial charge in [-0.25, -0.2) is 9.18 Å². The van der Waals surface area contributed by atoms with Crippen LogP contribution in [-0.2, 0) is 16.1 Å². The van der Waals surface area contributed by atoms with Crippen molar-refractivity contribution < 1.29 is 18.7 Å². The zero-order valence-electron chi connectivity index (χ0n) is 14.7. The van der Waals surface area contributed by atoms with E-state index in [1.807, 2.05) is 22.9 Å². The molecule has 0 fully saturated rings. The summed E-state index contributed by atoms with van der Waals surface area (Å²) in [6.07, 6.45) is 2.04. The lowest BCUT2D eigenvalue weighted by molar-refractivity contribution is -0.142. The minimum atomic E-state index is -0.512. The van der Waals surface area contributed by atoms with E-state index in [1.54, 1.807) is 30.0 Å². The highest BCUT2D eigenvalue weighted by molar-refractivity contribution is 5.76. The molecule has 6 nitrogen and oxygen atoms in total. The number of halogens is 1. The van der Waals surface area contributed by atoms with E-state index in [9.17, 15) is 14.0 Å². The number of esters is 1. The third-order valence-electron chi connectivity index (χ3n) is 4.41. The fraction of sp³-hybridized carbons (Fsp3) is 0.368. The first-order valence-corrected chi connectivity index (χ1v) is 8.71. The molecule has 1 aliphatic heterocycles. The fourth-order valence-electron chi connectivity index (χ4n) is 3.23. The topological polar surface area (TPSA) is 63.6 Å². The summed E-state index contributed by atoms with van der Waals surface area (Å²) in [4.78, 5) is 25.7. The first kappa shape index (κ1) is 18.0. The van der Waals surface area contributed by atoms with E-state index in [4.69, 9.17) is 4.74 Å². The van der Waals surface area contributed by atoms with E-state index in [-0.39, 0.29) is 30.8 Å². The third kappa shape index (κ3) is 3.71. The van der Waals surface area contributed by atoms with Crippen LogP contribution in [0, 0.1) is 5.82 Å². The Hall–Kier alpha value is -2.83. The van der Waals surface area contributed by atoms with E-state index in [0.717, 1.165) is 5.69 Å². The number of nitrogens with zero attached hydrogens (tertiary/aromatic N) is 2. The maximum atomic E-state index is 14.4. The summed E-state index contributed by atoms with van der Waals surface area (Å²) in [5, 5.41) is 2.74. The van der Waals surface area contributed by atoms with Gasteiger partial charge in [0.25, 0.3) is 0 Å². The zero-order valence-corrected chi connectivity index (χ0v) is 14.7. The van der Waals surface area contributed by atoms with E-state index >= 15 is 0 Å². The molecule has 7 heteroatoms. The van der Waals surface area contributed by atoms with Gasteiger partial charge in [0, 0.05) is 37.1 Å². The van der Waals surface area contributed by atoms with Gasteiger partial charge < -0.3 is 19.5 Å². The second kappa shape index (κ2) is 8.03. The monoisotopic (exact) mass is 359 g/mol. The van der Waals surface area contributed by atoms with Crippen molar-refractivity contribution in [3.05, 3.63) is 59.7 Å². The molecule has 1 aliphatic rings. The van der Waals surface area contributed by atoms with Crippen LogP contribution in [0.25, 0.3) is 0 Å². The Morgan fingerprint density at radius 1 is 1.23 bits per heavy atom. The first-order valence-electron chi connectivity index (χ1n) is 8.71. The summed E-state index contributed by atoms with van der Waals surface area (Å²) in [7, 11) is 0. The lowest BCUT2D eigenvalue weighted by Crippen LogP contribution is -2.47. The van der Waals surface area contributed by atoms with Crippen LogP contribution in [0.15, 0.2) is 42.6 Å². The molecule has 2 heterocycles. The smallest absolute Gasteiger partial charge is 0.318 e. The molecule has 1 unspecified atom stereocenters. The van der Waals surface area contributed by atoms with Crippen molar-refractivity contribution >= 4 is 12.0 Å². The molecule has 0 aliphatic carbocycles. The maximum absolute atomic E-state index is 14.4. The average Bonchev–Trinajstić information content (AvgIpc) is 3.10. The summed E-state index contributed by atoms with van der Waals surface area (Å²) in [5.41, 5.74) is 1.31. The Morgan fingerprint density at radius 2 is 2.04 bits per heavy atom. The summed E-state index contributed by atoms with van der Waals surface area (Å²) >= 11 is 0. The number of nitrogens with one attached hydrogen (secondary N) is 1. The maximum Gasteiger partial charge on any atom is 0.318 e. The Labute approximate surface area is 151 Å². The summed E-state index contributed by atoms with van der Waals surface area (Å²) in [6, 6.07) is 9.44. The number of fused-ring (bicyclic) bond motifs is 1. The van der Waals surface area contributed by atoms with Crippen molar-refractivity contribution in [1.29, 1.82) is 0 Å². The van der Waals surface area contributed by atoms with Gasteiger partial charge in [-0.15, -0.1) is 0 Å². The Bertz CT molecular complexity index is 790. The van der Waals surface area contributed by atoms with Gasteiger partial charge in [0.05, 0.1) is 13.0 Å². The van der Waals surface area contributed by atoms with Gasteiger partial charge >= 0.3 is 12.0 Å². The molecular weight excluding hydrogens is 337 g/mol. The highest BCUT2D eigenvalue weighted by Crippen LogP contribution is 2.33. The predicted octanol–water partition coefficient (Wildman–Crippen LogP) is 2.70. The second-order valence-electron chi connectivity index (χ2n) is 6.03. The largest absolute Gasteiger partial charge is 0.466 e. The van der Waals surface area contributed by atoms with Crippen LogP contribution in [0.1, 0.15) is 30.6 Å². The van der Waals surface area contributed by atoms with Gasteiger partial charge in [0.1, 0.15) is 11.9 Å². The highest BCUT2D eigenvalue weighted by atomic mass is 19.1. The Balaban J connectivity index is 1.78. The number of urea groups is 1. The van der Waals surface area contributed by atoms with Crippen LogP contribution in [0.4, 0.5) is 9.18 Å². The van der Waals surface area contributed by atoms with E-state index in [0.29, 0.717) is 25.3 Å². The Morgan fingerprint density at radius 3 is 2.81 bits per heavy atom. The molecule has 0 bridgehead atoms. The SMILES string of the molecule is CCOC(=O)CCNC(=O)N1CCn2cccc2C1c1ccccc1F. The molecule has 2 amide bonds. The van der Waals surface area contributed by atoms with Gasteiger partial charge in [0.15, 0.2) is 0 Å². The lowest BCUT2D eigenvalue weighted by atomic mass is 9.99. The molecule has 1 N–H and O–H groups in total. The molecule has 26 heavy (non-hydrogen) atoms. The van der Waals surface area contributed by atoms with E-state index < -0.39 is 6.04 Å². The van der Waals surface area contributed by atoms with Gasteiger partial charge in [0.2, 0.25) is 0 Å². The number of hydrogen-bond donors (Lipinski definition) is 1. The first-order chi connectivity index (χ1) is 12.6. The number of rotatable bonds is 5. The minimum absolute atomic E-state index is 0.105.